The fourth-order valence-corrected chi connectivity index (χ4v) is 2.46. The van der Waals surface area contributed by atoms with E-state index in [1.54, 1.807) is 0 Å². The first-order valence-corrected chi connectivity index (χ1v) is 6.39. The predicted molar refractivity (Wildman–Crippen MR) is 78.1 cm³/mol. The quantitative estimate of drug-likeness (QED) is 0.305. The normalized spacial score (nSPS) is 10.7. The van der Waals surface area contributed by atoms with Crippen LogP contribution >= 0.6 is 0 Å². The topological polar surface area (TPSA) is 64.6 Å². The second-order valence-corrected chi connectivity index (χ2v) is 4.61. The fourth-order valence-electron chi connectivity index (χ4n) is 2.46. The molecule has 3 rings (SSSR count). The zero-order chi connectivity index (χ0) is 13.1. The van der Waals surface area contributed by atoms with Crippen LogP contribution in [0.5, 0.6) is 0 Å². The van der Waals surface area contributed by atoms with Gasteiger partial charge in [-0.05, 0) is 36.1 Å². The summed E-state index contributed by atoms with van der Waals surface area (Å²) in [6, 6.07) is 14.8. The number of H-pyrrole nitrogens is 1. The second kappa shape index (κ2) is 5.04. The van der Waals surface area contributed by atoms with Crippen LogP contribution in [-0.2, 0) is 6.42 Å². The maximum atomic E-state index is 8.24. The van der Waals surface area contributed by atoms with Crippen LogP contribution < -0.4 is 0 Å². The van der Waals surface area contributed by atoms with Crippen molar-refractivity contribution in [1.29, 1.82) is 0 Å². The van der Waals surface area contributed by atoms with E-state index >= 15 is 0 Å². The average molecular weight is 250 g/mol. The van der Waals surface area contributed by atoms with Gasteiger partial charge in [-0.1, -0.05) is 35.4 Å². The number of para-hydroxylation sites is 1. The van der Waals surface area contributed by atoms with Crippen molar-refractivity contribution in [2.45, 2.75) is 12.8 Å². The lowest BCUT2D eigenvalue weighted by molar-refractivity contribution is 0.828. The van der Waals surface area contributed by atoms with E-state index in [4.69, 9.17) is 5.53 Å². The van der Waals surface area contributed by atoms with Gasteiger partial charge in [-0.25, -0.2) is 0 Å². The number of benzene rings is 2. The van der Waals surface area contributed by atoms with Gasteiger partial charge in [0.2, 0.25) is 0 Å². The SMILES string of the molecule is [N-]=[N+]=NCCCc1ccc2c(c1)[nH]c1ccccc12. The molecule has 0 aliphatic carbocycles. The number of rotatable bonds is 4. The molecule has 0 aliphatic heterocycles. The summed E-state index contributed by atoms with van der Waals surface area (Å²) in [7, 11) is 0. The molecule has 4 nitrogen and oxygen atoms in total. The Morgan fingerprint density at radius 3 is 2.79 bits per heavy atom. The summed E-state index contributed by atoms with van der Waals surface area (Å²) in [6.07, 6.45) is 1.82. The first-order valence-electron chi connectivity index (χ1n) is 6.39. The molecule has 19 heavy (non-hydrogen) atoms. The van der Waals surface area contributed by atoms with Gasteiger partial charge in [0.15, 0.2) is 0 Å². The third kappa shape index (κ3) is 2.26. The van der Waals surface area contributed by atoms with Crippen molar-refractivity contribution in [3.05, 3.63) is 58.5 Å². The second-order valence-electron chi connectivity index (χ2n) is 4.61. The van der Waals surface area contributed by atoms with Crippen LogP contribution in [-0.4, -0.2) is 11.5 Å². The van der Waals surface area contributed by atoms with Crippen molar-refractivity contribution in [1.82, 2.24) is 4.98 Å². The van der Waals surface area contributed by atoms with Crippen LogP contribution in [0.15, 0.2) is 47.6 Å². The third-order valence-electron chi connectivity index (χ3n) is 3.36. The van der Waals surface area contributed by atoms with E-state index in [2.05, 4.69) is 51.4 Å². The molecular formula is C15H14N4. The molecule has 0 atom stereocenters. The van der Waals surface area contributed by atoms with Crippen molar-refractivity contribution in [3.63, 3.8) is 0 Å². The largest absolute Gasteiger partial charge is 0.355 e. The van der Waals surface area contributed by atoms with E-state index in [-0.39, 0.29) is 0 Å². The number of hydrogen-bond acceptors (Lipinski definition) is 1. The molecule has 0 aliphatic rings. The van der Waals surface area contributed by atoms with Gasteiger partial charge < -0.3 is 4.98 Å². The summed E-state index contributed by atoms with van der Waals surface area (Å²) in [5, 5.41) is 6.08. The number of aromatic amines is 1. The lowest BCUT2D eigenvalue weighted by atomic mass is 10.1. The summed E-state index contributed by atoms with van der Waals surface area (Å²) in [5.74, 6) is 0. The van der Waals surface area contributed by atoms with Gasteiger partial charge in [0, 0.05) is 33.3 Å². The number of aryl methyl sites for hydroxylation is 1. The van der Waals surface area contributed by atoms with Crippen LogP contribution in [0.1, 0.15) is 12.0 Å². The summed E-state index contributed by atoms with van der Waals surface area (Å²) in [5.41, 5.74) is 11.8. The highest BCUT2D eigenvalue weighted by Crippen LogP contribution is 2.26. The minimum absolute atomic E-state index is 0.557. The highest BCUT2D eigenvalue weighted by Gasteiger charge is 2.03. The zero-order valence-electron chi connectivity index (χ0n) is 10.5. The molecule has 1 heterocycles. The molecule has 0 bridgehead atoms. The molecule has 0 spiro atoms. The number of aromatic nitrogens is 1. The number of fused-ring (bicyclic) bond motifs is 3. The number of hydrogen-bond donors (Lipinski definition) is 1. The summed E-state index contributed by atoms with van der Waals surface area (Å²) in [4.78, 5) is 6.20. The van der Waals surface area contributed by atoms with Gasteiger partial charge in [0.1, 0.15) is 0 Å². The Kier molecular flexibility index (Phi) is 3.09. The highest BCUT2D eigenvalue weighted by molar-refractivity contribution is 6.07. The maximum Gasteiger partial charge on any atom is 0.0467 e. The Hall–Kier alpha value is -2.45. The summed E-state index contributed by atoms with van der Waals surface area (Å²) >= 11 is 0. The molecule has 94 valence electrons. The zero-order valence-corrected chi connectivity index (χ0v) is 10.5. The minimum atomic E-state index is 0.557. The van der Waals surface area contributed by atoms with Gasteiger partial charge >= 0.3 is 0 Å². The predicted octanol–water partition coefficient (Wildman–Crippen LogP) is 4.56. The van der Waals surface area contributed by atoms with E-state index in [1.165, 1.54) is 27.4 Å². The molecule has 4 heteroatoms. The Labute approximate surface area is 110 Å². The van der Waals surface area contributed by atoms with Crippen molar-refractivity contribution < 1.29 is 0 Å². The molecule has 1 N–H and O–H groups in total. The van der Waals surface area contributed by atoms with Gasteiger partial charge in [-0.3, -0.25) is 0 Å². The van der Waals surface area contributed by atoms with E-state index in [0.29, 0.717) is 6.54 Å². The van der Waals surface area contributed by atoms with Crippen molar-refractivity contribution in [2.24, 2.45) is 5.11 Å². The van der Waals surface area contributed by atoms with E-state index in [0.717, 1.165) is 12.8 Å². The van der Waals surface area contributed by atoms with Crippen molar-refractivity contribution in [2.75, 3.05) is 6.54 Å². The first kappa shape index (κ1) is 11.6. The van der Waals surface area contributed by atoms with E-state index in [1.807, 2.05) is 6.07 Å². The van der Waals surface area contributed by atoms with Crippen LogP contribution in [0.2, 0.25) is 0 Å². The van der Waals surface area contributed by atoms with Crippen LogP contribution in [0.25, 0.3) is 32.2 Å². The maximum absolute atomic E-state index is 8.24. The third-order valence-corrected chi connectivity index (χ3v) is 3.36. The molecule has 2 aromatic carbocycles. The molecule has 0 fully saturated rings. The van der Waals surface area contributed by atoms with Crippen LogP contribution in [0.3, 0.4) is 0 Å². The number of nitrogens with zero attached hydrogens (tertiary/aromatic N) is 3. The molecule has 0 saturated carbocycles. The highest BCUT2D eigenvalue weighted by atomic mass is 15.1. The first-order chi connectivity index (χ1) is 9.38. The standard InChI is InChI=1S/C15H14N4/c16-19-17-9-3-4-11-7-8-13-12-5-1-2-6-14(12)18-15(13)10-11/h1-2,5-8,10,18H,3-4,9H2. The molecule has 0 saturated heterocycles. The number of azide groups is 1. The summed E-state index contributed by atoms with van der Waals surface area (Å²) < 4.78 is 0. The smallest absolute Gasteiger partial charge is 0.0467 e. The van der Waals surface area contributed by atoms with E-state index in [9.17, 15) is 0 Å². The Morgan fingerprint density at radius 1 is 1.05 bits per heavy atom. The monoisotopic (exact) mass is 250 g/mol. The Balaban J connectivity index is 1.92. The van der Waals surface area contributed by atoms with Crippen LogP contribution in [0, 0.1) is 0 Å². The Morgan fingerprint density at radius 2 is 1.89 bits per heavy atom. The fraction of sp³-hybridized carbons (Fsp3) is 0.200. The van der Waals surface area contributed by atoms with Crippen LogP contribution in [0.4, 0.5) is 0 Å². The van der Waals surface area contributed by atoms with Crippen molar-refractivity contribution in [3.8, 4) is 0 Å². The van der Waals surface area contributed by atoms with E-state index < -0.39 is 0 Å². The molecular weight excluding hydrogens is 236 g/mol. The number of nitrogens with one attached hydrogen (secondary N) is 1. The average Bonchev–Trinajstić information content (AvgIpc) is 2.81. The van der Waals surface area contributed by atoms with Gasteiger partial charge in [0.25, 0.3) is 0 Å². The lowest BCUT2D eigenvalue weighted by Crippen LogP contribution is -1.87. The lowest BCUT2D eigenvalue weighted by Gasteiger charge is -1.99. The van der Waals surface area contributed by atoms with Gasteiger partial charge in [-0.15, -0.1) is 0 Å². The summed E-state index contributed by atoms with van der Waals surface area (Å²) in [6.45, 7) is 0.557. The molecule has 0 radical (unpaired) electrons. The van der Waals surface area contributed by atoms with Gasteiger partial charge in [0.05, 0.1) is 0 Å². The van der Waals surface area contributed by atoms with Crippen molar-refractivity contribution >= 4 is 21.8 Å². The molecule has 3 aromatic rings. The molecule has 0 amide bonds. The minimum Gasteiger partial charge on any atom is -0.355 e. The van der Waals surface area contributed by atoms with Gasteiger partial charge in [-0.2, -0.15) is 0 Å². The molecule has 1 aromatic heterocycles. The molecule has 0 unspecified atom stereocenters. The Bertz CT molecular complexity index is 766.